The van der Waals surface area contributed by atoms with Crippen LogP contribution in [0.15, 0.2) is 0 Å². The van der Waals surface area contributed by atoms with Crippen LogP contribution in [-0.2, 0) is 11.3 Å². The maximum absolute atomic E-state index is 12.1. The zero-order valence-electron chi connectivity index (χ0n) is 10.00. The number of nitrogens with two attached hydrogens (primary N) is 1. The highest BCUT2D eigenvalue weighted by Gasteiger charge is 2.29. The smallest absolute Gasteiger partial charge is 0.260 e. The van der Waals surface area contributed by atoms with E-state index in [4.69, 9.17) is 5.73 Å². The lowest BCUT2D eigenvalue weighted by molar-refractivity contribution is -0.137. The molecule has 1 aliphatic heterocycles. The van der Waals surface area contributed by atoms with Crippen molar-refractivity contribution in [2.45, 2.75) is 32.5 Å². The van der Waals surface area contributed by atoms with Crippen LogP contribution in [0, 0.1) is 0 Å². The molecule has 0 saturated carbocycles. The van der Waals surface area contributed by atoms with E-state index in [2.05, 4.69) is 20.7 Å². The van der Waals surface area contributed by atoms with E-state index in [-0.39, 0.29) is 30.5 Å². The number of carbonyl (C=O) groups excluding carboxylic acids is 1. The van der Waals surface area contributed by atoms with Crippen LogP contribution in [0.1, 0.15) is 13.8 Å². The van der Waals surface area contributed by atoms with Crippen molar-refractivity contribution in [3.8, 4) is 0 Å². The number of aromatic nitrogens is 4. The van der Waals surface area contributed by atoms with Crippen LogP contribution in [-0.4, -0.2) is 56.2 Å². The molecule has 94 valence electrons. The van der Waals surface area contributed by atoms with Gasteiger partial charge in [0, 0.05) is 25.2 Å². The maximum Gasteiger partial charge on any atom is 0.260 e. The Morgan fingerprint density at radius 1 is 1.47 bits per heavy atom. The van der Waals surface area contributed by atoms with Crippen molar-refractivity contribution in [3.05, 3.63) is 0 Å². The van der Waals surface area contributed by atoms with Crippen LogP contribution < -0.4 is 11.1 Å². The Labute approximate surface area is 99.1 Å². The van der Waals surface area contributed by atoms with Crippen molar-refractivity contribution >= 4 is 11.9 Å². The van der Waals surface area contributed by atoms with Gasteiger partial charge in [-0.2, -0.15) is 4.80 Å². The number of nitrogens with zero attached hydrogens (tertiary/aromatic N) is 5. The topological polar surface area (TPSA) is 102 Å². The monoisotopic (exact) mass is 239 g/mol. The number of nitrogen functional groups attached to an aromatic ring is 1. The average Bonchev–Trinajstić information content (AvgIpc) is 2.63. The number of hydrogen-bond donors (Lipinski definition) is 2. The second-order valence-electron chi connectivity index (χ2n) is 4.34. The summed E-state index contributed by atoms with van der Waals surface area (Å²) in [6.07, 6.45) is 0. The summed E-state index contributed by atoms with van der Waals surface area (Å²) in [6, 6.07) is 0.347. The van der Waals surface area contributed by atoms with Crippen LogP contribution >= 0.6 is 0 Å². The molecular formula is C9H17N7O. The summed E-state index contributed by atoms with van der Waals surface area (Å²) in [6.45, 7) is 5.73. The lowest BCUT2D eigenvalue weighted by Gasteiger charge is -2.39. The highest BCUT2D eigenvalue weighted by atomic mass is 16.2. The van der Waals surface area contributed by atoms with Crippen LogP contribution in [0.5, 0.6) is 0 Å². The van der Waals surface area contributed by atoms with Crippen molar-refractivity contribution < 1.29 is 4.79 Å². The first-order valence-electron chi connectivity index (χ1n) is 5.63. The summed E-state index contributed by atoms with van der Waals surface area (Å²) >= 11 is 0. The Morgan fingerprint density at radius 2 is 2.12 bits per heavy atom. The normalized spacial score (nSPS) is 24.9. The molecule has 0 unspecified atom stereocenters. The van der Waals surface area contributed by atoms with Crippen molar-refractivity contribution in [2.75, 3.05) is 18.8 Å². The molecule has 0 aliphatic carbocycles. The number of carbonyl (C=O) groups is 1. The fourth-order valence-electron chi connectivity index (χ4n) is 2.15. The molecule has 17 heavy (non-hydrogen) atoms. The van der Waals surface area contributed by atoms with Crippen LogP contribution in [0.3, 0.4) is 0 Å². The summed E-state index contributed by atoms with van der Waals surface area (Å²) in [7, 11) is 0. The summed E-state index contributed by atoms with van der Waals surface area (Å²) in [4.78, 5) is 15.2. The Kier molecular flexibility index (Phi) is 3.23. The lowest BCUT2D eigenvalue weighted by atomic mass is 10.1. The van der Waals surface area contributed by atoms with Gasteiger partial charge in [0.25, 0.3) is 5.95 Å². The highest BCUT2D eigenvalue weighted by molar-refractivity contribution is 5.76. The van der Waals surface area contributed by atoms with Gasteiger partial charge in [-0.1, -0.05) is 5.10 Å². The van der Waals surface area contributed by atoms with Crippen LogP contribution in [0.2, 0.25) is 0 Å². The van der Waals surface area contributed by atoms with E-state index in [1.807, 2.05) is 18.7 Å². The largest absolute Gasteiger partial charge is 0.365 e. The minimum Gasteiger partial charge on any atom is -0.365 e. The predicted molar refractivity (Wildman–Crippen MR) is 60.9 cm³/mol. The second-order valence-corrected chi connectivity index (χ2v) is 4.34. The molecule has 1 aliphatic rings. The highest BCUT2D eigenvalue weighted by Crippen LogP contribution is 2.10. The first kappa shape index (κ1) is 11.8. The maximum atomic E-state index is 12.1. The number of amides is 1. The molecule has 3 N–H and O–H groups in total. The van der Waals surface area contributed by atoms with Gasteiger partial charge in [-0.3, -0.25) is 4.79 Å². The third-order valence-corrected chi connectivity index (χ3v) is 2.86. The number of anilines is 1. The minimum absolute atomic E-state index is 0.0103. The minimum atomic E-state index is -0.0103. The summed E-state index contributed by atoms with van der Waals surface area (Å²) < 4.78 is 0. The average molecular weight is 239 g/mol. The Hall–Kier alpha value is -1.70. The van der Waals surface area contributed by atoms with E-state index in [1.165, 1.54) is 4.80 Å². The van der Waals surface area contributed by atoms with E-state index >= 15 is 0 Å². The van der Waals surface area contributed by atoms with Gasteiger partial charge >= 0.3 is 0 Å². The number of tetrazole rings is 1. The summed E-state index contributed by atoms with van der Waals surface area (Å²) in [5, 5.41) is 14.3. The van der Waals surface area contributed by atoms with E-state index in [0.29, 0.717) is 0 Å². The summed E-state index contributed by atoms with van der Waals surface area (Å²) in [5.74, 6) is 0.0723. The number of rotatable bonds is 2. The molecule has 2 heterocycles. The zero-order chi connectivity index (χ0) is 12.4. The number of piperazine rings is 1. The van der Waals surface area contributed by atoms with Gasteiger partial charge in [-0.15, -0.1) is 5.10 Å². The molecule has 2 rings (SSSR count). The van der Waals surface area contributed by atoms with Crippen molar-refractivity contribution in [3.63, 3.8) is 0 Å². The van der Waals surface area contributed by atoms with Gasteiger partial charge in [-0.05, 0) is 19.1 Å². The molecular weight excluding hydrogens is 222 g/mol. The van der Waals surface area contributed by atoms with E-state index in [1.54, 1.807) is 0 Å². The van der Waals surface area contributed by atoms with Crippen molar-refractivity contribution in [1.29, 1.82) is 0 Å². The third kappa shape index (κ3) is 2.52. The lowest BCUT2D eigenvalue weighted by Crippen LogP contribution is -2.58. The first-order chi connectivity index (χ1) is 8.08. The molecule has 0 aromatic carbocycles. The van der Waals surface area contributed by atoms with Gasteiger partial charge in [0.2, 0.25) is 5.91 Å². The molecule has 1 fully saturated rings. The fourth-order valence-corrected chi connectivity index (χ4v) is 2.15. The number of nitrogens with one attached hydrogen (secondary N) is 1. The molecule has 8 nitrogen and oxygen atoms in total. The van der Waals surface area contributed by atoms with Gasteiger partial charge in [0.1, 0.15) is 6.54 Å². The molecule has 1 amide bonds. The molecule has 1 aromatic heterocycles. The molecule has 2 atom stereocenters. The Balaban J connectivity index is 2.03. The van der Waals surface area contributed by atoms with Gasteiger partial charge in [-0.25, -0.2) is 0 Å². The molecule has 0 spiro atoms. The molecule has 1 aromatic rings. The molecule has 1 saturated heterocycles. The van der Waals surface area contributed by atoms with Crippen molar-refractivity contribution in [1.82, 2.24) is 30.4 Å². The number of hydrogen-bond acceptors (Lipinski definition) is 6. The zero-order valence-corrected chi connectivity index (χ0v) is 10.00. The van der Waals surface area contributed by atoms with Crippen LogP contribution in [0.25, 0.3) is 0 Å². The van der Waals surface area contributed by atoms with Gasteiger partial charge < -0.3 is 16.0 Å². The van der Waals surface area contributed by atoms with Crippen LogP contribution in [0.4, 0.5) is 5.95 Å². The molecule has 0 radical (unpaired) electrons. The molecule has 8 heteroatoms. The second kappa shape index (κ2) is 4.66. The standard InChI is InChI=1S/C9H17N7O/c1-6-3-11-4-7(2)16(6)8(17)5-15-13-9(10)12-14-15/h6-7,11H,3-5H2,1-2H3,(H2,10,13)/t6-,7+. The van der Waals surface area contributed by atoms with Crippen molar-refractivity contribution in [2.24, 2.45) is 0 Å². The summed E-state index contributed by atoms with van der Waals surface area (Å²) in [5.41, 5.74) is 5.35. The predicted octanol–water partition coefficient (Wildman–Crippen LogP) is -1.54. The van der Waals surface area contributed by atoms with E-state index in [0.717, 1.165) is 13.1 Å². The third-order valence-electron chi connectivity index (χ3n) is 2.86. The SMILES string of the molecule is C[C@@H]1CNC[C@H](C)N1C(=O)Cn1nnc(N)n1. The molecule has 0 bridgehead atoms. The van der Waals surface area contributed by atoms with E-state index < -0.39 is 0 Å². The van der Waals surface area contributed by atoms with Gasteiger partial charge in [0.05, 0.1) is 0 Å². The van der Waals surface area contributed by atoms with Gasteiger partial charge in [0.15, 0.2) is 0 Å². The first-order valence-corrected chi connectivity index (χ1v) is 5.63. The fraction of sp³-hybridized carbons (Fsp3) is 0.778. The quantitative estimate of drug-likeness (QED) is 0.649. The Morgan fingerprint density at radius 3 is 2.65 bits per heavy atom. The Bertz CT molecular complexity index is 394. The van der Waals surface area contributed by atoms with E-state index in [9.17, 15) is 4.79 Å².